The maximum atomic E-state index is 11.8. The van der Waals surface area contributed by atoms with Gasteiger partial charge >= 0.3 is 0 Å². The van der Waals surface area contributed by atoms with E-state index in [1.807, 2.05) is 12.1 Å². The number of carbonyl (C=O) groups excluding carboxylic acids is 1. The minimum Gasteiger partial charge on any atom is -0.368 e. The largest absolute Gasteiger partial charge is 0.368 e. The molecule has 0 aromatic carbocycles. The van der Waals surface area contributed by atoms with Crippen molar-refractivity contribution in [1.82, 2.24) is 19.7 Å². The summed E-state index contributed by atoms with van der Waals surface area (Å²) in [4.78, 5) is 19.9. The second kappa shape index (κ2) is 7.13. The van der Waals surface area contributed by atoms with Crippen LogP contribution >= 0.6 is 0 Å². The Morgan fingerprint density at radius 1 is 1.41 bits per heavy atom. The average molecular weight is 301 g/mol. The van der Waals surface area contributed by atoms with Gasteiger partial charge in [0.15, 0.2) is 0 Å². The van der Waals surface area contributed by atoms with E-state index in [1.165, 1.54) is 12.8 Å². The smallest absolute Gasteiger partial charge is 0.252 e. The number of pyridine rings is 1. The lowest BCUT2D eigenvalue weighted by Crippen LogP contribution is -2.22. The lowest BCUT2D eigenvalue weighted by atomic mass is 10.3. The van der Waals surface area contributed by atoms with Gasteiger partial charge in [0.05, 0.1) is 12.6 Å². The molecule has 1 fully saturated rings. The molecule has 0 aliphatic heterocycles. The Hall–Kier alpha value is -2.28. The number of carbonyl (C=O) groups is 1. The summed E-state index contributed by atoms with van der Waals surface area (Å²) < 4.78 is 7.21. The highest BCUT2D eigenvalue weighted by molar-refractivity contribution is 5.89. The SMILES string of the molecule is O=C(COC1CCCC1)Nc1ncn(Cc2cccnc2)n1. The van der Waals surface area contributed by atoms with Crippen molar-refractivity contribution >= 4 is 11.9 Å². The molecule has 0 spiro atoms. The highest BCUT2D eigenvalue weighted by atomic mass is 16.5. The minimum absolute atomic E-state index is 0.0574. The quantitative estimate of drug-likeness (QED) is 0.876. The maximum absolute atomic E-state index is 11.8. The number of rotatable bonds is 6. The highest BCUT2D eigenvalue weighted by Gasteiger charge is 2.17. The summed E-state index contributed by atoms with van der Waals surface area (Å²) in [6.07, 6.45) is 9.77. The van der Waals surface area contributed by atoms with Gasteiger partial charge in [0.2, 0.25) is 5.95 Å². The summed E-state index contributed by atoms with van der Waals surface area (Å²) in [5, 5.41) is 6.86. The topological polar surface area (TPSA) is 81.9 Å². The van der Waals surface area contributed by atoms with E-state index < -0.39 is 0 Å². The van der Waals surface area contributed by atoms with Crippen LogP contribution in [-0.2, 0) is 16.1 Å². The molecule has 0 saturated heterocycles. The summed E-state index contributed by atoms with van der Waals surface area (Å²) >= 11 is 0. The lowest BCUT2D eigenvalue weighted by molar-refractivity contribution is -0.122. The molecule has 7 nitrogen and oxygen atoms in total. The maximum Gasteiger partial charge on any atom is 0.252 e. The first kappa shape index (κ1) is 14.6. The third kappa shape index (κ3) is 4.11. The molecule has 22 heavy (non-hydrogen) atoms. The second-order valence-electron chi connectivity index (χ2n) is 5.39. The molecule has 0 unspecified atom stereocenters. The molecule has 116 valence electrons. The van der Waals surface area contributed by atoms with E-state index in [1.54, 1.807) is 23.4 Å². The molecule has 1 saturated carbocycles. The summed E-state index contributed by atoms with van der Waals surface area (Å²) in [6, 6.07) is 3.83. The van der Waals surface area contributed by atoms with Gasteiger partial charge in [-0.1, -0.05) is 18.9 Å². The van der Waals surface area contributed by atoms with E-state index in [0.717, 1.165) is 18.4 Å². The highest BCUT2D eigenvalue weighted by Crippen LogP contribution is 2.20. The van der Waals surface area contributed by atoms with Crippen molar-refractivity contribution in [3.8, 4) is 0 Å². The van der Waals surface area contributed by atoms with Gasteiger partial charge in [-0.2, -0.15) is 0 Å². The fraction of sp³-hybridized carbons (Fsp3) is 0.467. The summed E-state index contributed by atoms with van der Waals surface area (Å²) in [7, 11) is 0. The Morgan fingerprint density at radius 2 is 2.27 bits per heavy atom. The number of ether oxygens (including phenoxy) is 1. The Bertz CT molecular complexity index is 607. The molecular formula is C15H19N5O2. The number of amides is 1. The van der Waals surface area contributed by atoms with E-state index in [-0.39, 0.29) is 18.6 Å². The molecule has 2 aromatic heterocycles. The molecule has 1 aliphatic rings. The number of nitrogens with zero attached hydrogens (tertiary/aromatic N) is 4. The molecular weight excluding hydrogens is 282 g/mol. The summed E-state index contributed by atoms with van der Waals surface area (Å²) in [5.74, 6) is 0.0786. The van der Waals surface area contributed by atoms with Crippen molar-refractivity contribution in [2.45, 2.75) is 38.3 Å². The van der Waals surface area contributed by atoms with Crippen LogP contribution in [0.1, 0.15) is 31.2 Å². The van der Waals surface area contributed by atoms with Crippen molar-refractivity contribution in [3.63, 3.8) is 0 Å². The van der Waals surface area contributed by atoms with Crippen LogP contribution in [0.5, 0.6) is 0 Å². The van der Waals surface area contributed by atoms with Crippen LogP contribution in [0, 0.1) is 0 Å². The Morgan fingerprint density at radius 3 is 3.05 bits per heavy atom. The molecule has 1 aliphatic carbocycles. The van der Waals surface area contributed by atoms with Gasteiger partial charge in [0, 0.05) is 12.4 Å². The van der Waals surface area contributed by atoms with Gasteiger partial charge in [-0.3, -0.25) is 15.1 Å². The van der Waals surface area contributed by atoms with Crippen molar-refractivity contribution < 1.29 is 9.53 Å². The Balaban J connectivity index is 1.47. The number of anilines is 1. The van der Waals surface area contributed by atoms with Crippen molar-refractivity contribution in [2.75, 3.05) is 11.9 Å². The van der Waals surface area contributed by atoms with Crippen molar-refractivity contribution in [3.05, 3.63) is 36.4 Å². The minimum atomic E-state index is -0.217. The van der Waals surface area contributed by atoms with Crippen LogP contribution in [0.4, 0.5) is 5.95 Å². The zero-order valence-corrected chi connectivity index (χ0v) is 12.3. The molecule has 0 bridgehead atoms. The van der Waals surface area contributed by atoms with Crippen LogP contribution in [0.15, 0.2) is 30.9 Å². The van der Waals surface area contributed by atoms with E-state index in [0.29, 0.717) is 12.5 Å². The zero-order chi connectivity index (χ0) is 15.2. The lowest BCUT2D eigenvalue weighted by Gasteiger charge is -2.09. The van der Waals surface area contributed by atoms with Crippen LogP contribution < -0.4 is 5.32 Å². The molecule has 2 heterocycles. The molecule has 0 atom stereocenters. The van der Waals surface area contributed by atoms with Crippen LogP contribution in [0.25, 0.3) is 0 Å². The molecule has 0 radical (unpaired) electrons. The van der Waals surface area contributed by atoms with E-state index in [4.69, 9.17) is 4.74 Å². The number of hydrogen-bond acceptors (Lipinski definition) is 5. The third-order valence-electron chi connectivity index (χ3n) is 3.61. The number of nitrogens with one attached hydrogen (secondary N) is 1. The third-order valence-corrected chi connectivity index (χ3v) is 3.61. The normalized spacial score (nSPS) is 15.1. The Kier molecular flexibility index (Phi) is 4.75. The molecule has 3 rings (SSSR count). The van der Waals surface area contributed by atoms with E-state index in [2.05, 4.69) is 20.4 Å². The molecule has 1 N–H and O–H groups in total. The average Bonchev–Trinajstić information content (AvgIpc) is 3.18. The molecule has 1 amide bonds. The van der Waals surface area contributed by atoms with Crippen LogP contribution in [0.2, 0.25) is 0 Å². The predicted molar refractivity (Wildman–Crippen MR) is 80.2 cm³/mol. The zero-order valence-electron chi connectivity index (χ0n) is 12.3. The number of hydrogen-bond donors (Lipinski definition) is 1. The summed E-state index contributed by atoms with van der Waals surface area (Å²) in [6.45, 7) is 0.622. The first-order valence-electron chi connectivity index (χ1n) is 7.49. The van der Waals surface area contributed by atoms with Crippen LogP contribution in [0.3, 0.4) is 0 Å². The predicted octanol–water partition coefficient (Wildman–Crippen LogP) is 1.62. The van der Waals surface area contributed by atoms with Crippen molar-refractivity contribution in [1.29, 1.82) is 0 Å². The first-order valence-corrected chi connectivity index (χ1v) is 7.49. The van der Waals surface area contributed by atoms with Gasteiger partial charge in [0.1, 0.15) is 12.9 Å². The van der Waals surface area contributed by atoms with Crippen molar-refractivity contribution in [2.24, 2.45) is 0 Å². The Labute approximate surface area is 128 Å². The van der Waals surface area contributed by atoms with Gasteiger partial charge in [-0.25, -0.2) is 9.67 Å². The first-order chi connectivity index (χ1) is 10.8. The van der Waals surface area contributed by atoms with E-state index in [9.17, 15) is 4.79 Å². The monoisotopic (exact) mass is 301 g/mol. The molecule has 2 aromatic rings. The van der Waals surface area contributed by atoms with Gasteiger partial charge < -0.3 is 4.74 Å². The van der Waals surface area contributed by atoms with Crippen LogP contribution in [-0.4, -0.2) is 38.4 Å². The standard InChI is InChI=1S/C15H19N5O2/c21-14(10-22-13-5-1-2-6-13)18-15-17-11-20(19-15)9-12-4-3-7-16-8-12/h3-4,7-8,11,13H,1-2,5-6,9-10H2,(H,18,19,21). The number of aromatic nitrogens is 4. The van der Waals surface area contributed by atoms with E-state index >= 15 is 0 Å². The summed E-state index contributed by atoms with van der Waals surface area (Å²) in [5.41, 5.74) is 1.02. The fourth-order valence-electron chi connectivity index (χ4n) is 2.52. The van der Waals surface area contributed by atoms with Gasteiger partial charge in [0.25, 0.3) is 5.91 Å². The second-order valence-corrected chi connectivity index (χ2v) is 5.39. The van der Waals surface area contributed by atoms with Gasteiger partial charge in [-0.15, -0.1) is 5.10 Å². The fourth-order valence-corrected chi connectivity index (χ4v) is 2.52. The van der Waals surface area contributed by atoms with Gasteiger partial charge in [-0.05, 0) is 24.5 Å². The molecule has 7 heteroatoms.